The molecule has 0 bridgehead atoms. The zero-order chi connectivity index (χ0) is 13.0. The number of likely N-dealkylation sites (N-methyl/N-ethyl adjacent to an activating group) is 1. The number of rotatable bonds is 6. The molecule has 1 heterocycles. The first-order valence-electron chi connectivity index (χ1n) is 6.86. The van der Waals surface area contributed by atoms with Crippen LogP contribution in [0.4, 0.5) is 5.69 Å². The van der Waals surface area contributed by atoms with Crippen molar-refractivity contribution in [2.24, 2.45) is 0 Å². The van der Waals surface area contributed by atoms with Crippen molar-refractivity contribution < 1.29 is 4.74 Å². The summed E-state index contributed by atoms with van der Waals surface area (Å²) in [4.78, 5) is 2.32. The molecule has 3 nitrogen and oxygen atoms in total. The molecular weight excluding hydrogens is 224 g/mol. The van der Waals surface area contributed by atoms with Gasteiger partial charge in [0.2, 0.25) is 0 Å². The lowest BCUT2D eigenvalue weighted by molar-refractivity contribution is 0.0759. The van der Waals surface area contributed by atoms with E-state index in [4.69, 9.17) is 4.74 Å². The quantitative estimate of drug-likeness (QED) is 0.835. The van der Waals surface area contributed by atoms with Crippen LogP contribution in [0.25, 0.3) is 0 Å². The number of hydrogen-bond donors (Lipinski definition) is 1. The molecule has 2 rings (SSSR count). The molecule has 1 unspecified atom stereocenters. The molecule has 0 amide bonds. The highest BCUT2D eigenvalue weighted by molar-refractivity contribution is 5.58. The van der Waals surface area contributed by atoms with Gasteiger partial charge in [-0.3, -0.25) is 0 Å². The fraction of sp³-hybridized carbons (Fsp3) is 0.600. The fourth-order valence-electron chi connectivity index (χ4n) is 2.49. The smallest absolute Gasteiger partial charge is 0.0671 e. The molecule has 100 valence electrons. The molecule has 0 radical (unpaired) electrons. The van der Waals surface area contributed by atoms with Gasteiger partial charge in [-0.05, 0) is 37.5 Å². The Morgan fingerprint density at radius 1 is 1.44 bits per heavy atom. The van der Waals surface area contributed by atoms with Crippen molar-refractivity contribution in [1.82, 2.24) is 5.32 Å². The predicted octanol–water partition coefficient (Wildman–Crippen LogP) is 2.19. The van der Waals surface area contributed by atoms with Gasteiger partial charge < -0.3 is 15.0 Å². The summed E-state index contributed by atoms with van der Waals surface area (Å²) in [6.07, 6.45) is 1.46. The second-order valence-corrected chi connectivity index (χ2v) is 5.03. The Morgan fingerprint density at radius 2 is 2.28 bits per heavy atom. The summed E-state index contributed by atoms with van der Waals surface area (Å²) in [5, 5.41) is 3.45. The molecule has 1 N–H and O–H groups in total. The third kappa shape index (κ3) is 3.24. The lowest BCUT2D eigenvalue weighted by atomic mass is 10.1. The molecule has 0 saturated heterocycles. The van der Waals surface area contributed by atoms with E-state index < -0.39 is 0 Å². The second kappa shape index (κ2) is 6.21. The van der Waals surface area contributed by atoms with Crippen LogP contribution in [0, 0.1) is 0 Å². The summed E-state index contributed by atoms with van der Waals surface area (Å²) < 4.78 is 5.50. The van der Waals surface area contributed by atoms with E-state index in [0.717, 1.165) is 26.2 Å². The van der Waals surface area contributed by atoms with Crippen LogP contribution < -0.4 is 10.2 Å². The third-order valence-electron chi connectivity index (χ3n) is 3.48. The van der Waals surface area contributed by atoms with E-state index in [-0.39, 0.29) is 6.10 Å². The standard InChI is InChI=1S/C15H24N2O/c1-4-18-12(2)10-16-11-13-5-6-15-14(9-13)7-8-17(15)3/h5-6,9,12,16H,4,7-8,10-11H2,1-3H3. The Morgan fingerprint density at radius 3 is 3.06 bits per heavy atom. The lowest BCUT2D eigenvalue weighted by Crippen LogP contribution is -2.26. The van der Waals surface area contributed by atoms with Gasteiger partial charge in [0.05, 0.1) is 6.10 Å². The van der Waals surface area contributed by atoms with Crippen LogP contribution in [0.3, 0.4) is 0 Å². The summed E-state index contributed by atoms with van der Waals surface area (Å²) in [5.74, 6) is 0. The Hall–Kier alpha value is -1.06. The van der Waals surface area contributed by atoms with E-state index in [0.29, 0.717) is 0 Å². The van der Waals surface area contributed by atoms with Gasteiger partial charge in [-0.1, -0.05) is 12.1 Å². The highest BCUT2D eigenvalue weighted by Crippen LogP contribution is 2.27. The minimum Gasteiger partial charge on any atom is -0.377 e. The number of nitrogens with one attached hydrogen (secondary N) is 1. The number of fused-ring (bicyclic) bond motifs is 1. The maximum absolute atomic E-state index is 5.50. The maximum Gasteiger partial charge on any atom is 0.0671 e. The second-order valence-electron chi connectivity index (χ2n) is 5.03. The van der Waals surface area contributed by atoms with E-state index in [1.165, 1.54) is 23.2 Å². The Bertz CT molecular complexity index is 392. The topological polar surface area (TPSA) is 24.5 Å². The number of anilines is 1. The van der Waals surface area contributed by atoms with Crippen molar-refractivity contribution in [2.75, 3.05) is 31.6 Å². The van der Waals surface area contributed by atoms with Crippen molar-refractivity contribution in [1.29, 1.82) is 0 Å². The van der Waals surface area contributed by atoms with Crippen molar-refractivity contribution in [2.45, 2.75) is 32.9 Å². The van der Waals surface area contributed by atoms with Gasteiger partial charge in [0.25, 0.3) is 0 Å². The van der Waals surface area contributed by atoms with Gasteiger partial charge >= 0.3 is 0 Å². The van der Waals surface area contributed by atoms with Crippen LogP contribution in [-0.4, -0.2) is 32.8 Å². The van der Waals surface area contributed by atoms with Gasteiger partial charge in [0.15, 0.2) is 0 Å². The average molecular weight is 248 g/mol. The van der Waals surface area contributed by atoms with Gasteiger partial charge in [0.1, 0.15) is 0 Å². The minimum atomic E-state index is 0.288. The molecule has 0 aromatic heterocycles. The number of nitrogens with zero attached hydrogens (tertiary/aromatic N) is 1. The van der Waals surface area contributed by atoms with Crippen LogP contribution in [0.5, 0.6) is 0 Å². The summed E-state index contributed by atoms with van der Waals surface area (Å²) in [6, 6.07) is 6.79. The van der Waals surface area contributed by atoms with Crippen molar-refractivity contribution in [3.63, 3.8) is 0 Å². The molecule has 0 fully saturated rings. The van der Waals surface area contributed by atoms with E-state index in [1.54, 1.807) is 0 Å². The lowest BCUT2D eigenvalue weighted by Gasteiger charge is -2.14. The summed E-state index contributed by atoms with van der Waals surface area (Å²) >= 11 is 0. The first-order chi connectivity index (χ1) is 8.70. The van der Waals surface area contributed by atoms with E-state index in [1.807, 2.05) is 6.92 Å². The normalized spacial score (nSPS) is 15.8. The molecule has 1 aromatic carbocycles. The Kier molecular flexibility index (Phi) is 4.61. The van der Waals surface area contributed by atoms with E-state index in [2.05, 4.69) is 42.4 Å². The monoisotopic (exact) mass is 248 g/mol. The maximum atomic E-state index is 5.50. The van der Waals surface area contributed by atoms with Crippen molar-refractivity contribution in [3.05, 3.63) is 29.3 Å². The molecule has 0 saturated carbocycles. The molecule has 1 aromatic rings. The summed E-state index contributed by atoms with van der Waals surface area (Å²) in [7, 11) is 2.16. The average Bonchev–Trinajstić information content (AvgIpc) is 2.71. The first kappa shape index (κ1) is 13.4. The molecule has 1 atom stereocenters. The van der Waals surface area contributed by atoms with Crippen LogP contribution in [0.2, 0.25) is 0 Å². The Labute approximate surface area is 110 Å². The number of hydrogen-bond acceptors (Lipinski definition) is 3. The van der Waals surface area contributed by atoms with Crippen LogP contribution in [0.15, 0.2) is 18.2 Å². The van der Waals surface area contributed by atoms with Crippen LogP contribution in [-0.2, 0) is 17.7 Å². The largest absolute Gasteiger partial charge is 0.377 e. The van der Waals surface area contributed by atoms with Gasteiger partial charge in [-0.2, -0.15) is 0 Å². The zero-order valence-electron chi connectivity index (χ0n) is 11.7. The summed E-state index contributed by atoms with van der Waals surface area (Å²) in [6.45, 7) is 7.91. The zero-order valence-corrected chi connectivity index (χ0v) is 11.7. The highest BCUT2D eigenvalue weighted by Gasteiger charge is 2.15. The van der Waals surface area contributed by atoms with Crippen molar-refractivity contribution in [3.8, 4) is 0 Å². The molecule has 0 spiro atoms. The molecule has 18 heavy (non-hydrogen) atoms. The molecule has 0 aliphatic carbocycles. The molecule has 1 aliphatic heterocycles. The molecule has 1 aliphatic rings. The van der Waals surface area contributed by atoms with Crippen LogP contribution in [0.1, 0.15) is 25.0 Å². The Balaban J connectivity index is 1.84. The SMILES string of the molecule is CCOC(C)CNCc1ccc2c(c1)CCN2C. The van der Waals surface area contributed by atoms with E-state index >= 15 is 0 Å². The van der Waals surface area contributed by atoms with Crippen LogP contribution >= 0.6 is 0 Å². The van der Waals surface area contributed by atoms with Gasteiger partial charge in [-0.25, -0.2) is 0 Å². The highest BCUT2D eigenvalue weighted by atomic mass is 16.5. The number of ether oxygens (including phenoxy) is 1. The minimum absolute atomic E-state index is 0.288. The summed E-state index contributed by atoms with van der Waals surface area (Å²) in [5.41, 5.74) is 4.24. The first-order valence-corrected chi connectivity index (χ1v) is 6.86. The number of benzene rings is 1. The third-order valence-corrected chi connectivity index (χ3v) is 3.48. The van der Waals surface area contributed by atoms with Crippen molar-refractivity contribution >= 4 is 5.69 Å². The van der Waals surface area contributed by atoms with E-state index in [9.17, 15) is 0 Å². The molecule has 3 heteroatoms. The van der Waals surface area contributed by atoms with Gasteiger partial charge in [-0.15, -0.1) is 0 Å². The fourth-order valence-corrected chi connectivity index (χ4v) is 2.49. The molecular formula is C15H24N2O. The van der Waals surface area contributed by atoms with Gasteiger partial charge in [0, 0.05) is 39.0 Å². The predicted molar refractivity (Wildman–Crippen MR) is 76.2 cm³/mol.